The summed E-state index contributed by atoms with van der Waals surface area (Å²) >= 11 is 0. The topological polar surface area (TPSA) is 59.0 Å². The Morgan fingerprint density at radius 2 is 1.73 bits per heavy atom. The van der Waals surface area contributed by atoms with E-state index in [4.69, 9.17) is 0 Å². The highest BCUT2D eigenvalue weighted by atomic mass is 16.3. The minimum Gasteiger partial charge on any atom is -0.392 e. The van der Waals surface area contributed by atoms with Crippen LogP contribution >= 0.6 is 0 Å². The summed E-state index contributed by atoms with van der Waals surface area (Å²) in [7, 11) is 0. The largest absolute Gasteiger partial charge is 0.392 e. The second-order valence-electron chi connectivity index (χ2n) is 9.49. The van der Waals surface area contributed by atoms with Gasteiger partial charge in [0.05, 0.1) is 6.61 Å². The summed E-state index contributed by atoms with van der Waals surface area (Å²) in [5, 5.41) is 12.8. The van der Waals surface area contributed by atoms with Crippen molar-refractivity contribution in [2.24, 2.45) is 5.92 Å². The third kappa shape index (κ3) is 6.49. The maximum absolute atomic E-state index is 12.7. The van der Waals surface area contributed by atoms with Gasteiger partial charge < -0.3 is 20.2 Å². The first kappa shape index (κ1) is 23.6. The van der Waals surface area contributed by atoms with Gasteiger partial charge in [-0.3, -0.25) is 4.90 Å². The smallest absolute Gasteiger partial charge is 0.317 e. The van der Waals surface area contributed by atoms with E-state index in [-0.39, 0.29) is 12.6 Å². The molecule has 0 bridgehead atoms. The number of amides is 2. The maximum atomic E-state index is 12.7. The van der Waals surface area contributed by atoms with Crippen LogP contribution in [0, 0.1) is 12.8 Å². The molecular formula is C27H38N4O2. The fourth-order valence-corrected chi connectivity index (χ4v) is 5.07. The molecule has 2 amide bonds. The Balaban J connectivity index is 1.14. The molecule has 2 aromatic carbocycles. The molecule has 0 atom stereocenters. The third-order valence-electron chi connectivity index (χ3n) is 7.10. The van der Waals surface area contributed by atoms with E-state index in [9.17, 15) is 9.90 Å². The van der Waals surface area contributed by atoms with Crippen LogP contribution in [-0.4, -0.2) is 66.8 Å². The van der Waals surface area contributed by atoms with Crippen LogP contribution in [0.25, 0.3) is 0 Å². The minimum absolute atomic E-state index is 0.0445. The van der Waals surface area contributed by atoms with Crippen LogP contribution in [0.3, 0.4) is 0 Å². The fourth-order valence-electron chi connectivity index (χ4n) is 5.07. The van der Waals surface area contributed by atoms with Crippen LogP contribution in [0.5, 0.6) is 0 Å². The van der Waals surface area contributed by atoms with Crippen molar-refractivity contribution in [1.29, 1.82) is 0 Å². The maximum Gasteiger partial charge on any atom is 0.317 e. The van der Waals surface area contributed by atoms with E-state index in [0.717, 1.165) is 62.5 Å². The minimum atomic E-state index is 0.0445. The van der Waals surface area contributed by atoms with Crippen LogP contribution in [0.1, 0.15) is 36.0 Å². The van der Waals surface area contributed by atoms with Crippen LogP contribution in [0.4, 0.5) is 10.5 Å². The van der Waals surface area contributed by atoms with Gasteiger partial charge in [-0.25, -0.2) is 4.79 Å². The zero-order valence-corrected chi connectivity index (χ0v) is 19.9. The lowest BCUT2D eigenvalue weighted by atomic mass is 9.93. The lowest BCUT2D eigenvalue weighted by Crippen LogP contribution is -2.52. The summed E-state index contributed by atoms with van der Waals surface area (Å²) in [6.07, 6.45) is 3.49. The number of carbonyl (C=O) groups is 1. The average Bonchev–Trinajstić information content (AvgIpc) is 2.86. The number of nitrogens with zero attached hydrogens (tertiary/aromatic N) is 3. The number of anilines is 1. The number of aliphatic hydroxyl groups excluding tert-OH is 1. The van der Waals surface area contributed by atoms with Gasteiger partial charge in [-0.2, -0.15) is 0 Å². The van der Waals surface area contributed by atoms with Gasteiger partial charge >= 0.3 is 6.03 Å². The molecule has 0 aromatic heterocycles. The molecule has 2 fully saturated rings. The zero-order valence-electron chi connectivity index (χ0n) is 19.9. The highest BCUT2D eigenvalue weighted by Crippen LogP contribution is 2.24. The summed E-state index contributed by atoms with van der Waals surface area (Å²) in [6, 6.07) is 17.0. The predicted molar refractivity (Wildman–Crippen MR) is 133 cm³/mol. The lowest BCUT2D eigenvalue weighted by molar-refractivity contribution is 0.169. The van der Waals surface area contributed by atoms with Gasteiger partial charge in [0.2, 0.25) is 0 Å². The van der Waals surface area contributed by atoms with Gasteiger partial charge in [-0.05, 0) is 56.8 Å². The molecule has 33 heavy (non-hydrogen) atoms. The van der Waals surface area contributed by atoms with Crippen molar-refractivity contribution in [2.45, 2.75) is 39.3 Å². The Kier molecular flexibility index (Phi) is 8.24. The first-order valence-corrected chi connectivity index (χ1v) is 12.4. The van der Waals surface area contributed by atoms with Crippen LogP contribution < -0.4 is 10.2 Å². The summed E-state index contributed by atoms with van der Waals surface area (Å²) in [5.74, 6) is 0.701. The van der Waals surface area contributed by atoms with Crippen molar-refractivity contribution in [1.82, 2.24) is 15.1 Å². The molecule has 6 nitrogen and oxygen atoms in total. The van der Waals surface area contributed by atoms with Gasteiger partial charge in [-0.1, -0.05) is 48.0 Å². The van der Waals surface area contributed by atoms with E-state index in [1.807, 2.05) is 17.9 Å². The number of benzene rings is 2. The second kappa shape index (κ2) is 11.5. The van der Waals surface area contributed by atoms with Crippen molar-refractivity contribution in [3.63, 3.8) is 0 Å². The Labute approximate surface area is 198 Å². The van der Waals surface area contributed by atoms with Crippen molar-refractivity contribution < 1.29 is 9.90 Å². The number of aliphatic hydroxyl groups is 1. The lowest BCUT2D eigenvalue weighted by Gasteiger charge is -2.37. The Bertz CT molecular complexity index is 888. The standard InChI is InChI=1S/C27H38N4O2/c1-22-7-8-26(25(19-22)21-32)30-15-17-31(18-16-30)27(33)28-12-9-23-10-13-29(14-11-23)20-24-5-3-2-4-6-24/h2-8,19,23,32H,9-18,20-21H2,1H3,(H,28,33). The highest BCUT2D eigenvalue weighted by Gasteiger charge is 2.23. The Morgan fingerprint density at radius 1 is 1.00 bits per heavy atom. The molecule has 2 aromatic rings. The molecular weight excluding hydrogens is 412 g/mol. The fraction of sp³-hybridized carbons (Fsp3) is 0.519. The number of rotatable bonds is 7. The van der Waals surface area contributed by atoms with E-state index in [2.05, 4.69) is 57.6 Å². The molecule has 6 heteroatoms. The molecule has 2 aliphatic heterocycles. The number of piperazine rings is 1. The van der Waals surface area contributed by atoms with Gasteiger partial charge in [0.1, 0.15) is 0 Å². The molecule has 2 N–H and O–H groups in total. The molecule has 4 rings (SSSR count). The van der Waals surface area contributed by atoms with Gasteiger partial charge in [0, 0.05) is 50.5 Å². The molecule has 2 aliphatic rings. The van der Waals surface area contributed by atoms with Crippen LogP contribution in [-0.2, 0) is 13.2 Å². The number of aryl methyl sites for hydroxylation is 1. The second-order valence-corrected chi connectivity index (χ2v) is 9.49. The number of carbonyl (C=O) groups excluding carboxylic acids is 1. The van der Waals surface area contributed by atoms with E-state index in [0.29, 0.717) is 19.0 Å². The molecule has 0 radical (unpaired) electrons. The summed E-state index contributed by atoms with van der Waals surface area (Å²) in [5.41, 5.74) is 4.59. The number of piperidine rings is 1. The number of hydrogen-bond acceptors (Lipinski definition) is 4. The molecule has 0 aliphatic carbocycles. The van der Waals surface area contributed by atoms with Crippen molar-refractivity contribution >= 4 is 11.7 Å². The van der Waals surface area contributed by atoms with E-state index >= 15 is 0 Å². The van der Waals surface area contributed by atoms with Crippen LogP contribution in [0.15, 0.2) is 48.5 Å². The van der Waals surface area contributed by atoms with E-state index < -0.39 is 0 Å². The number of hydrogen-bond donors (Lipinski definition) is 2. The molecule has 2 heterocycles. The number of likely N-dealkylation sites (tertiary alicyclic amines) is 1. The van der Waals surface area contributed by atoms with E-state index in [1.54, 1.807) is 0 Å². The normalized spacial score (nSPS) is 17.9. The molecule has 0 spiro atoms. The molecule has 2 saturated heterocycles. The van der Waals surface area contributed by atoms with Crippen molar-refractivity contribution in [3.05, 3.63) is 65.2 Å². The first-order chi connectivity index (χ1) is 16.1. The third-order valence-corrected chi connectivity index (χ3v) is 7.10. The molecule has 0 saturated carbocycles. The van der Waals surface area contributed by atoms with Crippen LogP contribution in [0.2, 0.25) is 0 Å². The average molecular weight is 451 g/mol. The summed E-state index contributed by atoms with van der Waals surface area (Å²) < 4.78 is 0. The molecule has 0 unspecified atom stereocenters. The first-order valence-electron chi connectivity index (χ1n) is 12.4. The Morgan fingerprint density at radius 3 is 2.42 bits per heavy atom. The Hall–Kier alpha value is -2.57. The van der Waals surface area contributed by atoms with Gasteiger partial charge in [-0.15, -0.1) is 0 Å². The molecule has 178 valence electrons. The summed E-state index contributed by atoms with van der Waals surface area (Å²) in [6.45, 7) is 9.18. The van der Waals surface area contributed by atoms with Crippen molar-refractivity contribution in [3.8, 4) is 0 Å². The van der Waals surface area contributed by atoms with Crippen molar-refractivity contribution in [2.75, 3.05) is 50.7 Å². The predicted octanol–water partition coefficient (Wildman–Crippen LogP) is 3.62. The monoisotopic (exact) mass is 450 g/mol. The highest BCUT2D eigenvalue weighted by molar-refractivity contribution is 5.74. The number of urea groups is 1. The zero-order chi connectivity index (χ0) is 23.0. The van der Waals surface area contributed by atoms with Gasteiger partial charge in [0.15, 0.2) is 0 Å². The van der Waals surface area contributed by atoms with E-state index in [1.165, 1.54) is 18.4 Å². The SMILES string of the molecule is Cc1ccc(N2CCN(C(=O)NCCC3CCN(Cc4ccccc4)CC3)CC2)c(CO)c1. The number of nitrogens with one attached hydrogen (secondary N) is 1. The quantitative estimate of drug-likeness (QED) is 0.677. The van der Waals surface area contributed by atoms with Gasteiger partial charge in [0.25, 0.3) is 0 Å². The summed E-state index contributed by atoms with van der Waals surface area (Å²) in [4.78, 5) is 19.4.